The van der Waals surface area contributed by atoms with Gasteiger partial charge in [0, 0.05) is 18.7 Å². The summed E-state index contributed by atoms with van der Waals surface area (Å²) >= 11 is 0. The van der Waals surface area contributed by atoms with Crippen molar-refractivity contribution in [3.05, 3.63) is 35.6 Å². The maximum absolute atomic E-state index is 13.1. The molecule has 1 fully saturated rings. The number of hydrogen-bond donors (Lipinski definition) is 1. The van der Waals surface area contributed by atoms with E-state index in [9.17, 15) is 9.18 Å². The second-order valence-corrected chi connectivity index (χ2v) is 4.99. The molecule has 1 aromatic rings. The van der Waals surface area contributed by atoms with Crippen LogP contribution in [0.4, 0.5) is 4.39 Å². The first kappa shape index (κ1) is 14.0. The lowest BCUT2D eigenvalue weighted by atomic mass is 9.92. The maximum atomic E-state index is 13.1. The number of carbonyl (C=O) groups excluding carboxylic acids is 1. The van der Waals surface area contributed by atoms with E-state index in [-0.39, 0.29) is 23.9 Å². The van der Waals surface area contributed by atoms with Crippen LogP contribution in [0, 0.1) is 5.82 Å². The zero-order chi connectivity index (χ0) is 13.8. The van der Waals surface area contributed by atoms with Crippen molar-refractivity contribution in [2.24, 2.45) is 5.90 Å². The molecular weight excluding hydrogens is 247 g/mol. The van der Waals surface area contributed by atoms with Crippen molar-refractivity contribution in [2.75, 3.05) is 7.05 Å². The lowest BCUT2D eigenvalue weighted by Crippen LogP contribution is -2.41. The zero-order valence-corrected chi connectivity index (χ0v) is 11.0. The molecule has 0 unspecified atom stereocenters. The van der Waals surface area contributed by atoms with Gasteiger partial charge in [-0.25, -0.2) is 10.3 Å². The van der Waals surface area contributed by atoms with Crippen LogP contribution in [0.2, 0.25) is 0 Å². The second-order valence-electron chi connectivity index (χ2n) is 4.99. The van der Waals surface area contributed by atoms with E-state index < -0.39 is 0 Å². The van der Waals surface area contributed by atoms with Gasteiger partial charge < -0.3 is 9.74 Å². The molecule has 104 valence electrons. The Morgan fingerprint density at radius 2 is 2.05 bits per heavy atom. The van der Waals surface area contributed by atoms with Gasteiger partial charge in [0.25, 0.3) is 5.91 Å². The predicted molar refractivity (Wildman–Crippen MR) is 69.8 cm³/mol. The minimum Gasteiger partial charge on any atom is -0.339 e. The summed E-state index contributed by atoms with van der Waals surface area (Å²) in [5.41, 5.74) is 0.389. The third-order valence-corrected chi connectivity index (χ3v) is 3.78. The van der Waals surface area contributed by atoms with Gasteiger partial charge >= 0.3 is 0 Å². The first-order valence-electron chi connectivity index (χ1n) is 6.50. The summed E-state index contributed by atoms with van der Waals surface area (Å²) < 4.78 is 13.1. The molecule has 4 nitrogen and oxygen atoms in total. The molecule has 0 aliphatic heterocycles. The highest BCUT2D eigenvalue weighted by Gasteiger charge is 2.27. The summed E-state index contributed by atoms with van der Waals surface area (Å²) in [6.45, 7) is 0. The number of amides is 1. The average molecular weight is 266 g/mol. The van der Waals surface area contributed by atoms with Crippen LogP contribution < -0.4 is 5.90 Å². The zero-order valence-electron chi connectivity index (χ0n) is 11.0. The topological polar surface area (TPSA) is 55.6 Å². The molecule has 2 rings (SSSR count). The normalized spacial score (nSPS) is 23.1. The van der Waals surface area contributed by atoms with Crippen molar-refractivity contribution in [1.29, 1.82) is 0 Å². The van der Waals surface area contributed by atoms with E-state index in [1.807, 2.05) is 0 Å². The Balaban J connectivity index is 2.00. The van der Waals surface area contributed by atoms with Crippen LogP contribution in [0.5, 0.6) is 0 Å². The van der Waals surface area contributed by atoms with Gasteiger partial charge in [-0.2, -0.15) is 0 Å². The molecule has 0 heterocycles. The minimum absolute atomic E-state index is 0.0916. The summed E-state index contributed by atoms with van der Waals surface area (Å²) in [5.74, 6) is 4.64. The highest BCUT2D eigenvalue weighted by Crippen LogP contribution is 2.24. The first-order chi connectivity index (χ1) is 9.11. The third kappa shape index (κ3) is 3.30. The van der Waals surface area contributed by atoms with Gasteiger partial charge in [-0.05, 0) is 43.9 Å². The van der Waals surface area contributed by atoms with E-state index >= 15 is 0 Å². The van der Waals surface area contributed by atoms with Crippen LogP contribution in [-0.4, -0.2) is 30.0 Å². The molecule has 0 spiro atoms. The van der Waals surface area contributed by atoms with E-state index in [0.717, 1.165) is 25.7 Å². The van der Waals surface area contributed by atoms with E-state index in [1.54, 1.807) is 24.1 Å². The number of halogens is 1. The van der Waals surface area contributed by atoms with Crippen molar-refractivity contribution in [1.82, 2.24) is 4.90 Å². The number of nitrogens with two attached hydrogens (primary N) is 1. The van der Waals surface area contributed by atoms with Crippen LogP contribution >= 0.6 is 0 Å². The minimum atomic E-state index is -0.389. The van der Waals surface area contributed by atoms with E-state index in [0.29, 0.717) is 5.56 Å². The molecule has 1 saturated carbocycles. The maximum Gasteiger partial charge on any atom is 0.253 e. The summed E-state index contributed by atoms with van der Waals surface area (Å²) in [6.07, 6.45) is 3.51. The summed E-state index contributed by atoms with van der Waals surface area (Å²) in [7, 11) is 1.77. The molecular formula is C14H19FN2O2. The van der Waals surface area contributed by atoms with E-state index in [2.05, 4.69) is 0 Å². The molecule has 1 amide bonds. The summed E-state index contributed by atoms with van der Waals surface area (Å²) in [6, 6.07) is 5.96. The van der Waals surface area contributed by atoms with Gasteiger partial charge in [-0.3, -0.25) is 4.79 Å². The highest BCUT2D eigenvalue weighted by atomic mass is 19.1. The Morgan fingerprint density at radius 3 is 2.63 bits per heavy atom. The molecule has 0 bridgehead atoms. The van der Waals surface area contributed by atoms with Crippen molar-refractivity contribution in [3.63, 3.8) is 0 Å². The van der Waals surface area contributed by atoms with Crippen LogP contribution in [0.15, 0.2) is 24.3 Å². The molecule has 1 aromatic carbocycles. The van der Waals surface area contributed by atoms with Crippen LogP contribution in [0.1, 0.15) is 36.0 Å². The average Bonchev–Trinajstić information content (AvgIpc) is 2.46. The molecule has 19 heavy (non-hydrogen) atoms. The number of benzene rings is 1. The van der Waals surface area contributed by atoms with Gasteiger partial charge in [-0.15, -0.1) is 0 Å². The highest BCUT2D eigenvalue weighted by molar-refractivity contribution is 5.94. The molecule has 1 aliphatic rings. The smallest absolute Gasteiger partial charge is 0.253 e. The summed E-state index contributed by atoms with van der Waals surface area (Å²) in [5, 5.41) is 0. The Hall–Kier alpha value is -1.46. The Bertz CT molecular complexity index is 445. The fourth-order valence-electron chi connectivity index (χ4n) is 2.56. The van der Waals surface area contributed by atoms with Gasteiger partial charge in [0.15, 0.2) is 0 Å². The third-order valence-electron chi connectivity index (χ3n) is 3.78. The van der Waals surface area contributed by atoms with Crippen molar-refractivity contribution < 1.29 is 14.0 Å². The largest absolute Gasteiger partial charge is 0.339 e. The second kappa shape index (κ2) is 6.12. The number of hydrogen-bond acceptors (Lipinski definition) is 3. The molecule has 1 aliphatic carbocycles. The fraction of sp³-hybridized carbons (Fsp3) is 0.500. The lowest BCUT2D eigenvalue weighted by molar-refractivity contribution is 0.00993. The molecule has 0 atom stereocenters. The van der Waals surface area contributed by atoms with Gasteiger partial charge in [0.1, 0.15) is 5.82 Å². The number of nitrogens with zero attached hydrogens (tertiary/aromatic N) is 1. The van der Waals surface area contributed by atoms with E-state index in [1.165, 1.54) is 12.1 Å². The van der Waals surface area contributed by atoms with Crippen molar-refractivity contribution >= 4 is 5.91 Å². The first-order valence-corrected chi connectivity index (χ1v) is 6.50. The van der Waals surface area contributed by atoms with Crippen LogP contribution in [-0.2, 0) is 4.84 Å². The quantitative estimate of drug-likeness (QED) is 0.852. The lowest BCUT2D eigenvalue weighted by Gasteiger charge is -2.33. The van der Waals surface area contributed by atoms with Crippen molar-refractivity contribution in [2.45, 2.75) is 37.8 Å². The molecule has 0 saturated heterocycles. The SMILES string of the molecule is CN(C(=O)c1cccc(F)c1)C1CCC(ON)CC1. The van der Waals surface area contributed by atoms with Gasteiger partial charge in [0.05, 0.1) is 6.10 Å². The number of carbonyl (C=O) groups is 1. The molecule has 0 aromatic heterocycles. The van der Waals surface area contributed by atoms with Gasteiger partial charge in [0.2, 0.25) is 0 Å². The Labute approximate surface area is 112 Å². The van der Waals surface area contributed by atoms with Crippen LogP contribution in [0.25, 0.3) is 0 Å². The van der Waals surface area contributed by atoms with Crippen LogP contribution in [0.3, 0.4) is 0 Å². The standard InChI is InChI=1S/C14H19FN2O2/c1-17(12-5-7-13(19-16)8-6-12)14(18)10-3-2-4-11(15)9-10/h2-4,9,12-13H,5-8,16H2,1H3. The monoisotopic (exact) mass is 266 g/mol. The molecule has 0 radical (unpaired) electrons. The fourth-order valence-corrected chi connectivity index (χ4v) is 2.56. The predicted octanol–water partition coefficient (Wildman–Crippen LogP) is 2.10. The van der Waals surface area contributed by atoms with Crippen molar-refractivity contribution in [3.8, 4) is 0 Å². The van der Waals surface area contributed by atoms with Gasteiger partial charge in [-0.1, -0.05) is 6.07 Å². The van der Waals surface area contributed by atoms with E-state index in [4.69, 9.17) is 10.7 Å². The Kier molecular flexibility index (Phi) is 4.50. The Morgan fingerprint density at radius 1 is 1.37 bits per heavy atom. The number of rotatable bonds is 3. The summed E-state index contributed by atoms with van der Waals surface area (Å²) in [4.78, 5) is 18.8. The molecule has 2 N–H and O–H groups in total. The molecule has 5 heteroatoms.